The van der Waals surface area contributed by atoms with Gasteiger partial charge in [-0.1, -0.05) is 6.07 Å². The van der Waals surface area contributed by atoms with Crippen molar-refractivity contribution >= 4 is 17.9 Å². The van der Waals surface area contributed by atoms with Crippen molar-refractivity contribution < 1.29 is 18.6 Å². The van der Waals surface area contributed by atoms with E-state index >= 15 is 0 Å². The Morgan fingerprint density at radius 1 is 1.03 bits per heavy atom. The molecule has 0 aliphatic rings. The summed E-state index contributed by atoms with van der Waals surface area (Å²) in [5.74, 6) is 1.91. The molecule has 3 aromatic heterocycles. The molecule has 13 heteroatoms. The molecule has 0 radical (unpaired) electrons. The molecule has 4 rings (SSSR count). The molecule has 0 bridgehead atoms. The quantitative estimate of drug-likeness (QED) is 0.325. The second kappa shape index (κ2) is 10.7. The second-order valence-electron chi connectivity index (χ2n) is 7.41. The average Bonchev–Trinajstić information content (AvgIpc) is 3.49. The SMILES string of the molecule is COc1cccc(OC)c1-n1c(NSC(C)C(OC)c2ncc(F)cn2)nnc1-c1ccn(C)n1. The predicted molar refractivity (Wildman–Crippen MR) is 129 cm³/mol. The van der Waals surface area contributed by atoms with Crippen LogP contribution < -0.4 is 14.2 Å². The van der Waals surface area contributed by atoms with Gasteiger partial charge in [0.15, 0.2) is 17.5 Å². The number of hydrogen-bond donors (Lipinski definition) is 1. The summed E-state index contributed by atoms with van der Waals surface area (Å²) >= 11 is 1.33. The van der Waals surface area contributed by atoms with Crippen molar-refractivity contribution in [3.8, 4) is 28.7 Å². The number of nitrogens with zero attached hydrogens (tertiary/aromatic N) is 7. The molecule has 0 saturated heterocycles. The van der Waals surface area contributed by atoms with Crippen molar-refractivity contribution in [2.45, 2.75) is 18.3 Å². The predicted octanol–water partition coefficient (Wildman–Crippen LogP) is 3.45. The van der Waals surface area contributed by atoms with Gasteiger partial charge < -0.3 is 14.2 Å². The van der Waals surface area contributed by atoms with Crippen LogP contribution in [0.15, 0.2) is 42.9 Å². The molecule has 0 fully saturated rings. The molecular formula is C22H25FN8O3S. The van der Waals surface area contributed by atoms with Crippen LogP contribution in [0.1, 0.15) is 18.9 Å². The molecule has 0 aliphatic carbocycles. The maximum atomic E-state index is 13.3. The van der Waals surface area contributed by atoms with E-state index in [1.54, 1.807) is 30.6 Å². The van der Waals surface area contributed by atoms with E-state index in [0.29, 0.717) is 40.5 Å². The highest BCUT2D eigenvalue weighted by Gasteiger charge is 2.26. The Labute approximate surface area is 205 Å². The third-order valence-electron chi connectivity index (χ3n) is 5.14. The molecule has 0 saturated carbocycles. The van der Waals surface area contributed by atoms with Gasteiger partial charge in [0.2, 0.25) is 5.95 Å². The van der Waals surface area contributed by atoms with Crippen LogP contribution in [0.2, 0.25) is 0 Å². The molecule has 1 aromatic carbocycles. The first-order valence-electron chi connectivity index (χ1n) is 10.6. The van der Waals surface area contributed by atoms with Gasteiger partial charge in [-0.15, -0.1) is 10.2 Å². The molecule has 11 nitrogen and oxygen atoms in total. The van der Waals surface area contributed by atoms with Gasteiger partial charge in [-0.3, -0.25) is 14.0 Å². The molecule has 184 valence electrons. The van der Waals surface area contributed by atoms with E-state index in [0.717, 1.165) is 12.4 Å². The Hall–Kier alpha value is -3.71. The highest BCUT2D eigenvalue weighted by atomic mass is 32.2. The van der Waals surface area contributed by atoms with Crippen molar-refractivity contribution in [1.29, 1.82) is 0 Å². The number of nitrogens with one attached hydrogen (secondary N) is 1. The third-order valence-corrected chi connectivity index (χ3v) is 6.06. The summed E-state index contributed by atoms with van der Waals surface area (Å²) in [6, 6.07) is 7.33. The van der Waals surface area contributed by atoms with E-state index in [4.69, 9.17) is 14.2 Å². The first-order valence-corrected chi connectivity index (χ1v) is 11.4. The summed E-state index contributed by atoms with van der Waals surface area (Å²) in [4.78, 5) is 8.11. The van der Waals surface area contributed by atoms with E-state index in [1.165, 1.54) is 11.9 Å². The van der Waals surface area contributed by atoms with Crippen LogP contribution in [0.5, 0.6) is 11.5 Å². The summed E-state index contributed by atoms with van der Waals surface area (Å²) in [6.07, 6.45) is 3.55. The Bertz CT molecular complexity index is 1260. The molecule has 35 heavy (non-hydrogen) atoms. The Morgan fingerprint density at radius 3 is 2.29 bits per heavy atom. The molecule has 1 N–H and O–H groups in total. The summed E-state index contributed by atoms with van der Waals surface area (Å²) in [7, 11) is 6.54. The second-order valence-corrected chi connectivity index (χ2v) is 8.59. The van der Waals surface area contributed by atoms with E-state index in [-0.39, 0.29) is 5.25 Å². The summed E-state index contributed by atoms with van der Waals surface area (Å²) in [5.41, 5.74) is 1.23. The molecule has 2 atom stereocenters. The van der Waals surface area contributed by atoms with Crippen molar-refractivity contribution in [1.82, 2.24) is 34.5 Å². The zero-order valence-corrected chi connectivity index (χ0v) is 20.7. The van der Waals surface area contributed by atoms with E-state index in [1.807, 2.05) is 44.4 Å². The van der Waals surface area contributed by atoms with Crippen molar-refractivity contribution in [3.63, 3.8) is 0 Å². The topological polar surface area (TPSA) is 114 Å². The van der Waals surface area contributed by atoms with Crippen molar-refractivity contribution in [2.75, 3.05) is 26.1 Å². The van der Waals surface area contributed by atoms with Gasteiger partial charge in [0, 0.05) is 20.4 Å². The van der Waals surface area contributed by atoms with E-state index in [2.05, 4.69) is 30.0 Å². The maximum Gasteiger partial charge on any atom is 0.239 e. The standard InChI is InChI=1S/C22H25FN8O3S/c1-13(19(34-5)20-24-11-14(23)12-25-20)35-29-22-27-26-21(15-9-10-30(2)28-15)31(22)18-16(32-3)7-6-8-17(18)33-4/h6-13,19H,1-5H3,(H,27,29). The van der Waals surface area contributed by atoms with Crippen molar-refractivity contribution in [3.05, 3.63) is 54.5 Å². The summed E-state index contributed by atoms with van der Waals surface area (Å²) < 4.78 is 36.8. The largest absolute Gasteiger partial charge is 0.494 e. The fraction of sp³-hybridized carbons (Fsp3) is 0.318. The molecule has 4 aromatic rings. The first kappa shape index (κ1) is 24.4. The minimum Gasteiger partial charge on any atom is -0.494 e. The lowest BCUT2D eigenvalue weighted by Crippen LogP contribution is -2.19. The Balaban J connectivity index is 1.71. The van der Waals surface area contributed by atoms with Gasteiger partial charge in [0.25, 0.3) is 0 Å². The summed E-state index contributed by atoms with van der Waals surface area (Å²) in [6.45, 7) is 1.93. The minimum absolute atomic E-state index is 0.187. The van der Waals surface area contributed by atoms with Crippen LogP contribution >= 0.6 is 11.9 Å². The number of anilines is 1. The number of benzene rings is 1. The number of hydrogen-bond acceptors (Lipinski definition) is 10. The van der Waals surface area contributed by atoms with E-state index < -0.39 is 11.9 Å². The monoisotopic (exact) mass is 500 g/mol. The van der Waals surface area contributed by atoms with Crippen molar-refractivity contribution in [2.24, 2.45) is 7.05 Å². The van der Waals surface area contributed by atoms with Gasteiger partial charge in [0.1, 0.15) is 29.0 Å². The number of methoxy groups -OCH3 is 3. The molecule has 0 spiro atoms. The van der Waals surface area contributed by atoms with Gasteiger partial charge in [0.05, 0.1) is 31.9 Å². The van der Waals surface area contributed by atoms with Crippen LogP contribution in [0.4, 0.5) is 10.3 Å². The van der Waals surface area contributed by atoms with Gasteiger partial charge in [-0.05, 0) is 37.1 Å². The highest BCUT2D eigenvalue weighted by Crippen LogP contribution is 2.38. The molecule has 0 aliphatic heterocycles. The smallest absolute Gasteiger partial charge is 0.239 e. The number of para-hydroxylation sites is 1. The van der Waals surface area contributed by atoms with Crippen LogP contribution in [0.3, 0.4) is 0 Å². The van der Waals surface area contributed by atoms with Gasteiger partial charge >= 0.3 is 0 Å². The molecular weight excluding hydrogens is 475 g/mol. The lowest BCUT2D eigenvalue weighted by Gasteiger charge is -2.21. The van der Waals surface area contributed by atoms with Crippen LogP contribution in [0.25, 0.3) is 17.2 Å². The fourth-order valence-corrected chi connectivity index (χ4v) is 4.28. The van der Waals surface area contributed by atoms with Crippen LogP contribution in [-0.4, -0.2) is 61.1 Å². The zero-order valence-electron chi connectivity index (χ0n) is 19.8. The Morgan fingerprint density at radius 2 is 1.71 bits per heavy atom. The average molecular weight is 501 g/mol. The number of rotatable bonds is 10. The number of halogens is 1. The van der Waals surface area contributed by atoms with Gasteiger partial charge in [-0.25, -0.2) is 14.4 Å². The normalized spacial score (nSPS) is 12.9. The lowest BCUT2D eigenvalue weighted by atomic mass is 10.2. The summed E-state index contributed by atoms with van der Waals surface area (Å²) in [5, 5.41) is 13.1. The minimum atomic E-state index is -0.511. The van der Waals surface area contributed by atoms with Crippen LogP contribution in [-0.2, 0) is 11.8 Å². The molecule has 2 unspecified atom stereocenters. The van der Waals surface area contributed by atoms with Crippen LogP contribution in [0, 0.1) is 5.82 Å². The Kier molecular flexibility index (Phi) is 7.46. The fourth-order valence-electron chi connectivity index (χ4n) is 3.50. The zero-order chi connectivity index (χ0) is 24.9. The number of aryl methyl sites for hydroxylation is 1. The number of ether oxygens (including phenoxy) is 3. The highest BCUT2D eigenvalue weighted by molar-refractivity contribution is 8.01. The maximum absolute atomic E-state index is 13.3. The van der Waals surface area contributed by atoms with Gasteiger partial charge in [-0.2, -0.15) is 5.10 Å². The third kappa shape index (κ3) is 5.05. The lowest BCUT2D eigenvalue weighted by molar-refractivity contribution is 0.0970. The number of aromatic nitrogens is 7. The molecule has 0 amide bonds. The first-order chi connectivity index (χ1) is 17.0. The van der Waals surface area contributed by atoms with E-state index in [9.17, 15) is 4.39 Å². The molecule has 3 heterocycles.